The lowest BCUT2D eigenvalue weighted by Gasteiger charge is -2.17. The van der Waals surface area contributed by atoms with Crippen molar-refractivity contribution >= 4 is 29.3 Å². The van der Waals surface area contributed by atoms with Gasteiger partial charge >= 0.3 is 5.97 Å². The number of nitro benzene ring substituents is 1. The summed E-state index contributed by atoms with van der Waals surface area (Å²) in [5.74, 6) is -1.53. The number of carboxylic acid groups (broad SMARTS) is 1. The first kappa shape index (κ1) is 23.3. The van der Waals surface area contributed by atoms with Gasteiger partial charge in [0.15, 0.2) is 0 Å². The number of benzene rings is 1. The average Bonchev–Trinajstić information content (AvgIpc) is 2.75. The molecule has 164 valence electrons. The minimum absolute atomic E-state index is 0.0789. The molecular formula is C20H23N5O6. The molecule has 0 bridgehead atoms. The standard InChI is InChI=1S/C20H23N5O6/c26-18(9-5-11-22-17-8-3-4-10-21-17)23-13-19(27)24-15(12-20(28)29)14-6-1-2-7-16(14)25(30)31/h1-4,6-8,10,15H,5,9,11-13H2,(H,21,22)(H,23,26)(H,24,27)(H,28,29). The number of nitrogens with one attached hydrogen (secondary N) is 3. The largest absolute Gasteiger partial charge is 0.481 e. The molecule has 2 aromatic rings. The van der Waals surface area contributed by atoms with Crippen molar-refractivity contribution in [1.29, 1.82) is 0 Å². The van der Waals surface area contributed by atoms with Crippen LogP contribution in [-0.2, 0) is 14.4 Å². The molecule has 0 spiro atoms. The number of nitrogens with zero attached hydrogens (tertiary/aromatic N) is 2. The molecule has 2 rings (SSSR count). The normalized spacial score (nSPS) is 11.2. The molecule has 0 saturated heterocycles. The third-order valence-electron chi connectivity index (χ3n) is 4.22. The Bertz CT molecular complexity index is 921. The molecule has 4 N–H and O–H groups in total. The second kappa shape index (κ2) is 11.9. The van der Waals surface area contributed by atoms with E-state index in [4.69, 9.17) is 5.11 Å². The van der Waals surface area contributed by atoms with Crippen LogP contribution in [0.1, 0.15) is 30.9 Å². The number of carboxylic acids is 1. The number of carbonyl (C=O) groups excluding carboxylic acids is 2. The number of carbonyl (C=O) groups is 3. The van der Waals surface area contributed by atoms with Crippen LogP contribution in [0.2, 0.25) is 0 Å². The Morgan fingerprint density at radius 3 is 2.52 bits per heavy atom. The van der Waals surface area contributed by atoms with Gasteiger partial charge in [0.05, 0.1) is 29.5 Å². The van der Waals surface area contributed by atoms with E-state index in [0.717, 1.165) is 0 Å². The maximum absolute atomic E-state index is 12.2. The highest BCUT2D eigenvalue weighted by Gasteiger charge is 2.25. The maximum atomic E-state index is 12.2. The van der Waals surface area contributed by atoms with Gasteiger partial charge in [-0.2, -0.15) is 0 Å². The predicted molar refractivity (Wildman–Crippen MR) is 111 cm³/mol. The van der Waals surface area contributed by atoms with Crippen molar-refractivity contribution in [2.45, 2.75) is 25.3 Å². The third kappa shape index (κ3) is 8.09. The van der Waals surface area contributed by atoms with E-state index < -0.39 is 29.3 Å². The topological polar surface area (TPSA) is 164 Å². The summed E-state index contributed by atoms with van der Waals surface area (Å²) < 4.78 is 0. The van der Waals surface area contributed by atoms with Crippen molar-refractivity contribution in [2.75, 3.05) is 18.4 Å². The first-order chi connectivity index (χ1) is 14.9. The summed E-state index contributed by atoms with van der Waals surface area (Å²) in [7, 11) is 0. The zero-order valence-corrected chi connectivity index (χ0v) is 16.6. The second-order valence-electron chi connectivity index (χ2n) is 6.56. The maximum Gasteiger partial charge on any atom is 0.305 e. The number of hydrogen-bond donors (Lipinski definition) is 4. The highest BCUT2D eigenvalue weighted by Crippen LogP contribution is 2.26. The van der Waals surface area contributed by atoms with Gasteiger partial charge in [0.2, 0.25) is 11.8 Å². The van der Waals surface area contributed by atoms with Gasteiger partial charge in [-0.1, -0.05) is 24.3 Å². The summed E-state index contributed by atoms with van der Waals surface area (Å²) in [6.07, 6.45) is 1.80. The Kier molecular flexibility index (Phi) is 8.90. The smallest absolute Gasteiger partial charge is 0.305 e. The molecule has 1 unspecified atom stereocenters. The van der Waals surface area contributed by atoms with E-state index in [0.29, 0.717) is 18.8 Å². The van der Waals surface area contributed by atoms with Gasteiger partial charge in [0, 0.05) is 25.2 Å². The highest BCUT2D eigenvalue weighted by molar-refractivity contribution is 5.85. The fourth-order valence-electron chi connectivity index (χ4n) is 2.81. The summed E-state index contributed by atoms with van der Waals surface area (Å²) in [6.45, 7) is 0.151. The van der Waals surface area contributed by atoms with E-state index >= 15 is 0 Å². The average molecular weight is 429 g/mol. The minimum Gasteiger partial charge on any atom is -0.481 e. The van der Waals surface area contributed by atoms with Crippen LogP contribution in [0.15, 0.2) is 48.7 Å². The zero-order valence-electron chi connectivity index (χ0n) is 16.6. The van der Waals surface area contributed by atoms with Gasteiger partial charge < -0.3 is 21.1 Å². The molecule has 1 atom stereocenters. The summed E-state index contributed by atoms with van der Waals surface area (Å²) in [5.41, 5.74) is -0.214. The molecule has 0 radical (unpaired) electrons. The van der Waals surface area contributed by atoms with Gasteiger partial charge in [-0.15, -0.1) is 0 Å². The van der Waals surface area contributed by atoms with Crippen molar-refractivity contribution in [3.8, 4) is 0 Å². The van der Waals surface area contributed by atoms with Crippen LogP contribution in [0.25, 0.3) is 0 Å². The van der Waals surface area contributed by atoms with E-state index in [1.54, 1.807) is 18.3 Å². The summed E-state index contributed by atoms with van der Waals surface area (Å²) in [6, 6.07) is 9.91. The first-order valence-corrected chi connectivity index (χ1v) is 9.53. The molecule has 11 heteroatoms. The quantitative estimate of drug-likeness (QED) is 0.225. The molecule has 0 aliphatic heterocycles. The van der Waals surface area contributed by atoms with E-state index in [1.165, 1.54) is 24.3 Å². The summed E-state index contributed by atoms with van der Waals surface area (Å²) in [5, 5.41) is 28.3. The Hall–Kier alpha value is -4.02. The SMILES string of the molecule is O=C(O)CC(NC(=O)CNC(=O)CCCNc1ccccn1)c1ccccc1[N+](=O)[O-]. The Morgan fingerprint density at radius 2 is 1.84 bits per heavy atom. The molecule has 1 aromatic heterocycles. The molecule has 1 aromatic carbocycles. The van der Waals surface area contributed by atoms with Gasteiger partial charge in [0.25, 0.3) is 5.69 Å². The zero-order chi connectivity index (χ0) is 22.6. The van der Waals surface area contributed by atoms with Gasteiger partial charge in [-0.25, -0.2) is 4.98 Å². The summed E-state index contributed by atoms with van der Waals surface area (Å²) in [4.78, 5) is 49.9. The lowest BCUT2D eigenvalue weighted by atomic mass is 10.0. The van der Waals surface area contributed by atoms with Crippen molar-refractivity contribution in [3.63, 3.8) is 0 Å². The second-order valence-corrected chi connectivity index (χ2v) is 6.56. The van der Waals surface area contributed by atoms with Crippen LogP contribution in [-0.4, -0.2) is 45.9 Å². The van der Waals surface area contributed by atoms with Crippen LogP contribution in [0.3, 0.4) is 0 Å². The van der Waals surface area contributed by atoms with Crippen molar-refractivity contribution < 1.29 is 24.4 Å². The van der Waals surface area contributed by atoms with E-state index in [2.05, 4.69) is 20.9 Å². The van der Waals surface area contributed by atoms with Crippen LogP contribution < -0.4 is 16.0 Å². The van der Waals surface area contributed by atoms with Gasteiger partial charge in [-0.3, -0.25) is 24.5 Å². The van der Waals surface area contributed by atoms with Crippen LogP contribution in [0.5, 0.6) is 0 Å². The lowest BCUT2D eigenvalue weighted by Crippen LogP contribution is -2.39. The number of rotatable bonds is 12. The fourth-order valence-corrected chi connectivity index (χ4v) is 2.81. The van der Waals surface area contributed by atoms with Gasteiger partial charge in [-0.05, 0) is 18.6 Å². The Morgan fingerprint density at radius 1 is 1.10 bits per heavy atom. The number of amides is 2. The molecule has 1 heterocycles. The molecule has 0 saturated carbocycles. The lowest BCUT2D eigenvalue weighted by molar-refractivity contribution is -0.385. The Balaban J connectivity index is 1.82. The van der Waals surface area contributed by atoms with Crippen molar-refractivity contribution in [2.24, 2.45) is 0 Å². The van der Waals surface area contributed by atoms with E-state index in [-0.39, 0.29) is 30.1 Å². The molecule has 0 fully saturated rings. The fraction of sp³-hybridized carbons (Fsp3) is 0.300. The number of para-hydroxylation sites is 1. The highest BCUT2D eigenvalue weighted by atomic mass is 16.6. The Labute approximate surface area is 178 Å². The monoisotopic (exact) mass is 429 g/mol. The number of aromatic nitrogens is 1. The minimum atomic E-state index is -1.23. The molecule has 2 amide bonds. The first-order valence-electron chi connectivity index (χ1n) is 9.53. The van der Waals surface area contributed by atoms with Crippen molar-refractivity contribution in [3.05, 3.63) is 64.3 Å². The number of hydrogen-bond acceptors (Lipinski definition) is 7. The van der Waals surface area contributed by atoms with Crippen LogP contribution in [0, 0.1) is 10.1 Å². The molecule has 11 nitrogen and oxygen atoms in total. The molecule has 0 aliphatic rings. The number of nitro groups is 1. The van der Waals surface area contributed by atoms with Gasteiger partial charge in [0.1, 0.15) is 5.82 Å². The number of aliphatic carboxylic acids is 1. The number of anilines is 1. The third-order valence-corrected chi connectivity index (χ3v) is 4.22. The van der Waals surface area contributed by atoms with E-state index in [9.17, 15) is 24.5 Å². The van der Waals surface area contributed by atoms with Crippen LogP contribution >= 0.6 is 0 Å². The molecular weight excluding hydrogens is 406 g/mol. The molecule has 31 heavy (non-hydrogen) atoms. The van der Waals surface area contributed by atoms with Crippen molar-refractivity contribution in [1.82, 2.24) is 15.6 Å². The van der Waals surface area contributed by atoms with Crippen LogP contribution in [0.4, 0.5) is 11.5 Å². The van der Waals surface area contributed by atoms with E-state index in [1.807, 2.05) is 6.07 Å². The number of pyridine rings is 1. The predicted octanol–water partition coefficient (Wildman–Crippen LogP) is 1.63. The molecule has 0 aliphatic carbocycles. The summed E-state index contributed by atoms with van der Waals surface area (Å²) >= 11 is 0.